The van der Waals surface area contributed by atoms with Crippen molar-refractivity contribution in [3.8, 4) is 0 Å². The number of carbonyl (C=O) groups excluding carboxylic acids is 1. The van der Waals surface area contributed by atoms with Gasteiger partial charge in [-0.25, -0.2) is 4.79 Å². The molecule has 0 fully saturated rings. The van der Waals surface area contributed by atoms with Gasteiger partial charge in [0, 0.05) is 6.20 Å². The fourth-order valence-electron chi connectivity index (χ4n) is 0.854. The van der Waals surface area contributed by atoms with Gasteiger partial charge in [0.15, 0.2) is 0 Å². The Morgan fingerprint density at radius 2 is 2.23 bits per heavy atom. The van der Waals surface area contributed by atoms with Crippen LogP contribution in [0.15, 0.2) is 18.3 Å². The first-order valence-corrected chi connectivity index (χ1v) is 3.75. The van der Waals surface area contributed by atoms with E-state index in [4.69, 9.17) is 5.41 Å². The molecule has 0 aromatic carbocycles. The van der Waals surface area contributed by atoms with Gasteiger partial charge in [-0.2, -0.15) is 0 Å². The van der Waals surface area contributed by atoms with E-state index in [1.807, 2.05) is 0 Å². The van der Waals surface area contributed by atoms with Crippen molar-refractivity contribution in [3.05, 3.63) is 29.6 Å². The lowest BCUT2D eigenvalue weighted by atomic mass is 10.2. The van der Waals surface area contributed by atoms with Gasteiger partial charge in [0.2, 0.25) is 0 Å². The molecule has 68 valence electrons. The number of rotatable bonds is 2. The van der Waals surface area contributed by atoms with Gasteiger partial charge in [0.25, 0.3) is 0 Å². The predicted octanol–water partition coefficient (Wildman–Crippen LogP) is 1.26. The lowest BCUT2D eigenvalue weighted by Gasteiger charge is -1.99. The van der Waals surface area contributed by atoms with E-state index >= 15 is 0 Å². The molecule has 0 unspecified atom stereocenters. The molecule has 0 aliphatic heterocycles. The Morgan fingerprint density at radius 1 is 1.54 bits per heavy atom. The number of methoxy groups -OCH3 is 1. The van der Waals surface area contributed by atoms with Crippen molar-refractivity contribution in [2.45, 2.75) is 6.92 Å². The monoisotopic (exact) mass is 178 g/mol. The summed E-state index contributed by atoms with van der Waals surface area (Å²) in [5, 5.41) is 7.28. The first-order valence-electron chi connectivity index (χ1n) is 3.75. The average Bonchev–Trinajstić information content (AvgIpc) is 2.17. The molecule has 1 aromatic rings. The topological polar surface area (TPSA) is 63.0 Å². The third-order valence-corrected chi connectivity index (χ3v) is 1.57. The SMILES string of the molecule is COC(=O)c1ccc(C(C)=N)nc1. The summed E-state index contributed by atoms with van der Waals surface area (Å²) in [6, 6.07) is 3.21. The van der Waals surface area contributed by atoms with Crippen LogP contribution in [0.2, 0.25) is 0 Å². The number of ether oxygens (including phenoxy) is 1. The molecule has 1 rings (SSSR count). The normalized spacial score (nSPS) is 9.38. The quantitative estimate of drug-likeness (QED) is 0.547. The van der Waals surface area contributed by atoms with Gasteiger partial charge in [-0.05, 0) is 19.1 Å². The van der Waals surface area contributed by atoms with E-state index in [1.54, 1.807) is 19.1 Å². The van der Waals surface area contributed by atoms with Gasteiger partial charge in [-0.1, -0.05) is 0 Å². The second-order valence-corrected chi connectivity index (χ2v) is 2.55. The molecule has 4 heteroatoms. The largest absolute Gasteiger partial charge is 0.465 e. The molecule has 0 radical (unpaired) electrons. The second-order valence-electron chi connectivity index (χ2n) is 2.55. The van der Waals surface area contributed by atoms with Gasteiger partial charge in [0.1, 0.15) is 0 Å². The predicted molar refractivity (Wildman–Crippen MR) is 48.1 cm³/mol. The summed E-state index contributed by atoms with van der Waals surface area (Å²) >= 11 is 0. The molecular formula is C9H10N2O2. The minimum absolute atomic E-state index is 0.372. The van der Waals surface area contributed by atoms with Crippen LogP contribution in [-0.2, 0) is 4.74 Å². The maximum absolute atomic E-state index is 11.0. The third kappa shape index (κ3) is 2.11. The Labute approximate surface area is 76.1 Å². The number of nitrogens with one attached hydrogen (secondary N) is 1. The van der Waals surface area contributed by atoms with Crippen LogP contribution in [0.1, 0.15) is 23.0 Å². The summed E-state index contributed by atoms with van der Waals surface area (Å²) in [5.74, 6) is -0.415. The Hall–Kier alpha value is -1.71. The molecule has 0 spiro atoms. The van der Waals surface area contributed by atoms with Gasteiger partial charge >= 0.3 is 5.97 Å². The van der Waals surface area contributed by atoms with Crippen LogP contribution in [0.5, 0.6) is 0 Å². The molecule has 1 N–H and O–H groups in total. The first kappa shape index (κ1) is 9.38. The number of carbonyl (C=O) groups is 1. The number of nitrogens with zero attached hydrogens (tertiary/aromatic N) is 1. The lowest BCUT2D eigenvalue weighted by molar-refractivity contribution is 0.0600. The van der Waals surface area contributed by atoms with E-state index in [9.17, 15) is 4.79 Å². The van der Waals surface area contributed by atoms with E-state index in [1.165, 1.54) is 13.3 Å². The molecule has 0 aliphatic carbocycles. The Bertz CT molecular complexity index is 330. The molecule has 1 heterocycles. The van der Waals surface area contributed by atoms with E-state index in [-0.39, 0.29) is 0 Å². The highest BCUT2D eigenvalue weighted by molar-refractivity contribution is 5.95. The van der Waals surface area contributed by atoms with Crippen molar-refractivity contribution >= 4 is 11.7 Å². The average molecular weight is 178 g/mol. The van der Waals surface area contributed by atoms with E-state index in [0.717, 1.165) is 0 Å². The van der Waals surface area contributed by atoms with Crippen LogP contribution in [0.25, 0.3) is 0 Å². The highest BCUT2D eigenvalue weighted by atomic mass is 16.5. The number of esters is 1. The van der Waals surface area contributed by atoms with E-state index in [0.29, 0.717) is 17.0 Å². The summed E-state index contributed by atoms with van der Waals surface area (Å²) in [5.41, 5.74) is 1.33. The van der Waals surface area contributed by atoms with Crippen molar-refractivity contribution < 1.29 is 9.53 Å². The number of aromatic nitrogens is 1. The van der Waals surface area contributed by atoms with Crippen LogP contribution in [0, 0.1) is 5.41 Å². The molecule has 0 bridgehead atoms. The molecule has 13 heavy (non-hydrogen) atoms. The van der Waals surface area contributed by atoms with Crippen molar-refractivity contribution in [2.24, 2.45) is 0 Å². The van der Waals surface area contributed by atoms with Gasteiger partial charge in [-0.3, -0.25) is 4.98 Å². The number of pyridine rings is 1. The number of hydrogen-bond donors (Lipinski definition) is 1. The van der Waals surface area contributed by atoms with E-state index < -0.39 is 5.97 Å². The third-order valence-electron chi connectivity index (χ3n) is 1.57. The zero-order valence-corrected chi connectivity index (χ0v) is 7.50. The van der Waals surface area contributed by atoms with Crippen LogP contribution < -0.4 is 0 Å². The van der Waals surface area contributed by atoms with Crippen molar-refractivity contribution in [3.63, 3.8) is 0 Å². The summed E-state index contributed by atoms with van der Waals surface area (Å²) in [6.45, 7) is 1.64. The van der Waals surface area contributed by atoms with Crippen molar-refractivity contribution in [1.29, 1.82) is 5.41 Å². The summed E-state index contributed by atoms with van der Waals surface area (Å²) in [6.07, 6.45) is 1.40. The highest BCUT2D eigenvalue weighted by Gasteiger charge is 2.05. The zero-order chi connectivity index (χ0) is 9.84. The van der Waals surface area contributed by atoms with Crippen LogP contribution in [0.4, 0.5) is 0 Å². The fraction of sp³-hybridized carbons (Fsp3) is 0.222. The maximum atomic E-state index is 11.0. The minimum Gasteiger partial charge on any atom is -0.465 e. The lowest BCUT2D eigenvalue weighted by Crippen LogP contribution is -2.03. The fourth-order valence-corrected chi connectivity index (χ4v) is 0.854. The van der Waals surface area contributed by atoms with Gasteiger partial charge in [0.05, 0.1) is 24.1 Å². The molecule has 0 saturated carbocycles. The smallest absolute Gasteiger partial charge is 0.339 e. The molecule has 1 aromatic heterocycles. The molecule has 0 aliphatic rings. The summed E-state index contributed by atoms with van der Waals surface area (Å²) < 4.78 is 4.50. The first-order chi connectivity index (χ1) is 6.15. The van der Waals surface area contributed by atoms with Gasteiger partial charge < -0.3 is 10.1 Å². The molecule has 0 saturated heterocycles. The highest BCUT2D eigenvalue weighted by Crippen LogP contribution is 2.02. The zero-order valence-electron chi connectivity index (χ0n) is 7.50. The second kappa shape index (κ2) is 3.80. The number of hydrogen-bond acceptors (Lipinski definition) is 4. The Morgan fingerprint density at radius 3 is 2.62 bits per heavy atom. The standard InChI is InChI=1S/C9H10N2O2/c1-6(10)8-4-3-7(5-11-8)9(12)13-2/h3-5,10H,1-2H3. The Balaban J connectivity index is 2.93. The molecule has 4 nitrogen and oxygen atoms in total. The van der Waals surface area contributed by atoms with Gasteiger partial charge in [-0.15, -0.1) is 0 Å². The molecule has 0 amide bonds. The van der Waals surface area contributed by atoms with Crippen molar-refractivity contribution in [1.82, 2.24) is 4.98 Å². The maximum Gasteiger partial charge on any atom is 0.339 e. The summed E-state index contributed by atoms with van der Waals surface area (Å²) in [7, 11) is 1.32. The van der Waals surface area contributed by atoms with Crippen LogP contribution in [-0.4, -0.2) is 23.8 Å². The van der Waals surface area contributed by atoms with E-state index in [2.05, 4.69) is 9.72 Å². The van der Waals surface area contributed by atoms with Crippen LogP contribution >= 0.6 is 0 Å². The minimum atomic E-state index is -0.415. The van der Waals surface area contributed by atoms with Crippen LogP contribution in [0.3, 0.4) is 0 Å². The molecule has 0 atom stereocenters. The Kier molecular flexibility index (Phi) is 2.74. The summed E-state index contributed by atoms with van der Waals surface area (Å²) in [4.78, 5) is 14.9. The van der Waals surface area contributed by atoms with Crippen molar-refractivity contribution in [2.75, 3.05) is 7.11 Å². The molecular weight excluding hydrogens is 168 g/mol.